The van der Waals surface area contributed by atoms with Gasteiger partial charge in [-0.2, -0.15) is 0 Å². The Kier molecular flexibility index (Phi) is 23.2. The molecule has 0 saturated heterocycles. The van der Waals surface area contributed by atoms with Crippen molar-refractivity contribution < 1.29 is 19.1 Å². The number of ether oxygens (including phenoxy) is 2. The van der Waals surface area contributed by atoms with E-state index in [1.165, 1.54) is 0 Å². The Hall–Kier alpha value is -1.70. The van der Waals surface area contributed by atoms with E-state index in [1.807, 2.05) is 34.6 Å². The standard InChI is InChI=1S/C11H20N2O2S.C8H18N2O2.CH4/c1-11(2,3)15-10(14)13-8-6-4-5-7-12-9-16;1-7(2)12-8(11)10-6-4-3-5-9;/h4-8H2,1-3H3,(H,13,14);7H,3-6,9H2,1-2H3,(H,10,11);1H4. The number of rotatable bonds is 11. The number of carbonyl (C=O) groups is 2. The van der Waals surface area contributed by atoms with E-state index in [4.69, 9.17) is 15.2 Å². The zero-order valence-electron chi connectivity index (χ0n) is 18.0. The molecule has 0 spiro atoms. The van der Waals surface area contributed by atoms with Gasteiger partial charge in [-0.25, -0.2) is 14.6 Å². The maximum Gasteiger partial charge on any atom is 0.407 e. The fourth-order valence-electron chi connectivity index (χ4n) is 1.76. The Labute approximate surface area is 182 Å². The highest BCUT2D eigenvalue weighted by atomic mass is 32.1. The van der Waals surface area contributed by atoms with Gasteiger partial charge in [0, 0.05) is 19.6 Å². The van der Waals surface area contributed by atoms with Gasteiger partial charge in [0.25, 0.3) is 0 Å². The molecule has 0 aromatic heterocycles. The molecule has 0 fully saturated rings. The van der Waals surface area contributed by atoms with Crippen LogP contribution in [0, 0.1) is 0 Å². The van der Waals surface area contributed by atoms with Crippen LogP contribution in [0.5, 0.6) is 0 Å². The van der Waals surface area contributed by atoms with Crippen LogP contribution in [0.15, 0.2) is 4.99 Å². The number of unbranched alkanes of at least 4 members (excludes halogenated alkanes) is 3. The number of aliphatic imine (C=N–C) groups is 1. The summed E-state index contributed by atoms with van der Waals surface area (Å²) in [5, 5.41) is 7.66. The number of nitrogens with one attached hydrogen (secondary N) is 2. The summed E-state index contributed by atoms with van der Waals surface area (Å²) in [6.07, 6.45) is 3.99. The van der Waals surface area contributed by atoms with E-state index in [1.54, 1.807) is 0 Å². The molecular weight excluding hydrogens is 392 g/mol. The van der Waals surface area contributed by atoms with Crippen molar-refractivity contribution in [2.75, 3.05) is 26.2 Å². The van der Waals surface area contributed by atoms with Crippen molar-refractivity contribution in [1.82, 2.24) is 10.6 Å². The van der Waals surface area contributed by atoms with E-state index in [2.05, 4.69) is 33.0 Å². The van der Waals surface area contributed by atoms with Crippen molar-refractivity contribution in [2.24, 2.45) is 10.7 Å². The van der Waals surface area contributed by atoms with Crippen molar-refractivity contribution >= 4 is 29.6 Å². The van der Waals surface area contributed by atoms with Crippen LogP contribution in [0.4, 0.5) is 9.59 Å². The van der Waals surface area contributed by atoms with E-state index in [-0.39, 0.29) is 25.7 Å². The molecule has 2 amide bonds. The van der Waals surface area contributed by atoms with Crippen LogP contribution in [-0.2, 0) is 9.47 Å². The summed E-state index contributed by atoms with van der Waals surface area (Å²) >= 11 is 4.45. The zero-order chi connectivity index (χ0) is 21.8. The predicted molar refractivity (Wildman–Crippen MR) is 123 cm³/mol. The first-order valence-corrected chi connectivity index (χ1v) is 10.2. The van der Waals surface area contributed by atoms with Gasteiger partial charge in [0.1, 0.15) is 5.60 Å². The van der Waals surface area contributed by atoms with Crippen molar-refractivity contribution in [3.05, 3.63) is 0 Å². The molecule has 0 aromatic carbocycles. The Bertz CT molecular complexity index is 462. The molecule has 29 heavy (non-hydrogen) atoms. The van der Waals surface area contributed by atoms with Crippen molar-refractivity contribution in [3.63, 3.8) is 0 Å². The van der Waals surface area contributed by atoms with Crippen molar-refractivity contribution in [3.8, 4) is 0 Å². The molecule has 172 valence electrons. The average molecular weight is 435 g/mol. The van der Waals surface area contributed by atoms with Crippen LogP contribution < -0.4 is 16.4 Å². The first-order chi connectivity index (χ1) is 13.1. The molecule has 0 atom stereocenters. The average Bonchev–Trinajstić information content (AvgIpc) is 2.56. The van der Waals surface area contributed by atoms with Gasteiger partial charge in [-0.15, -0.1) is 0 Å². The van der Waals surface area contributed by atoms with Gasteiger partial charge in [-0.05, 0) is 85.5 Å². The smallest absolute Gasteiger partial charge is 0.407 e. The number of nitrogens with zero attached hydrogens (tertiary/aromatic N) is 1. The summed E-state index contributed by atoms with van der Waals surface area (Å²) in [7, 11) is 0. The number of amides is 2. The Morgan fingerprint density at radius 1 is 1.03 bits per heavy atom. The van der Waals surface area contributed by atoms with E-state index in [9.17, 15) is 9.59 Å². The van der Waals surface area contributed by atoms with E-state index in [0.717, 1.165) is 38.6 Å². The number of alkyl carbamates (subject to hydrolysis) is 2. The van der Waals surface area contributed by atoms with Gasteiger partial charge in [-0.3, -0.25) is 0 Å². The second kappa shape index (κ2) is 21.0. The Morgan fingerprint density at radius 2 is 1.59 bits per heavy atom. The molecule has 0 aliphatic heterocycles. The van der Waals surface area contributed by atoms with E-state index >= 15 is 0 Å². The molecule has 0 heterocycles. The first kappa shape index (κ1) is 32.0. The normalized spacial score (nSPS) is 9.90. The fourth-order valence-corrected chi connectivity index (χ4v) is 1.85. The molecule has 0 saturated carbocycles. The predicted octanol–water partition coefficient (Wildman–Crippen LogP) is 4.28. The second-order valence-electron chi connectivity index (χ2n) is 7.34. The van der Waals surface area contributed by atoms with E-state index in [0.29, 0.717) is 19.6 Å². The van der Waals surface area contributed by atoms with Crippen molar-refractivity contribution in [1.29, 1.82) is 0 Å². The van der Waals surface area contributed by atoms with Gasteiger partial charge in [0.2, 0.25) is 0 Å². The number of thiocarbonyl (C=S) groups is 1. The Balaban J connectivity index is -0.000000468. The zero-order valence-corrected chi connectivity index (χ0v) is 18.8. The molecule has 0 radical (unpaired) electrons. The first-order valence-electron chi connectivity index (χ1n) is 9.77. The fraction of sp³-hybridized carbons (Fsp3) is 0.850. The summed E-state index contributed by atoms with van der Waals surface area (Å²) in [6.45, 7) is 11.8. The molecule has 9 heteroatoms. The molecule has 0 bridgehead atoms. The third kappa shape index (κ3) is 31.2. The largest absolute Gasteiger partial charge is 0.447 e. The topological polar surface area (TPSA) is 115 Å². The second-order valence-corrected chi connectivity index (χ2v) is 7.52. The highest BCUT2D eigenvalue weighted by Crippen LogP contribution is 2.06. The van der Waals surface area contributed by atoms with Gasteiger partial charge in [0.15, 0.2) is 0 Å². The molecule has 0 unspecified atom stereocenters. The minimum atomic E-state index is -0.432. The molecule has 0 aliphatic rings. The number of isothiocyanates is 1. The molecule has 4 N–H and O–H groups in total. The highest BCUT2D eigenvalue weighted by Gasteiger charge is 2.15. The van der Waals surface area contributed by atoms with Gasteiger partial charge in [-0.1, -0.05) is 7.43 Å². The Morgan fingerprint density at radius 3 is 2.07 bits per heavy atom. The lowest BCUT2D eigenvalue weighted by Gasteiger charge is -2.19. The van der Waals surface area contributed by atoms with Crippen molar-refractivity contribution in [2.45, 2.75) is 85.9 Å². The number of hydrogen-bond acceptors (Lipinski definition) is 7. The van der Waals surface area contributed by atoms with Crippen LogP contribution in [0.2, 0.25) is 0 Å². The lowest BCUT2D eigenvalue weighted by atomic mass is 10.2. The number of hydrogen-bond donors (Lipinski definition) is 3. The van der Waals surface area contributed by atoms with Crippen LogP contribution in [0.25, 0.3) is 0 Å². The molecular formula is C20H42N4O4S. The third-order valence-electron chi connectivity index (χ3n) is 2.92. The van der Waals surface area contributed by atoms with Gasteiger partial charge < -0.3 is 25.8 Å². The van der Waals surface area contributed by atoms with Crippen LogP contribution in [0.1, 0.15) is 74.1 Å². The van der Waals surface area contributed by atoms with Crippen LogP contribution in [-0.4, -0.2) is 55.2 Å². The summed E-state index contributed by atoms with van der Waals surface area (Å²) in [6, 6.07) is 0. The maximum atomic E-state index is 11.2. The number of nitrogens with two attached hydrogens (primary N) is 1. The minimum Gasteiger partial charge on any atom is -0.447 e. The third-order valence-corrected chi connectivity index (χ3v) is 3.05. The molecule has 0 rings (SSSR count). The minimum absolute atomic E-state index is 0. The number of carbonyl (C=O) groups excluding carboxylic acids is 2. The summed E-state index contributed by atoms with van der Waals surface area (Å²) in [5.74, 6) is 0. The molecule has 0 aromatic rings. The lowest BCUT2D eigenvalue weighted by molar-refractivity contribution is 0.0527. The molecule has 0 aliphatic carbocycles. The summed E-state index contributed by atoms with van der Waals surface area (Å²) < 4.78 is 9.94. The molecule has 8 nitrogen and oxygen atoms in total. The maximum absolute atomic E-state index is 11.2. The van der Waals surface area contributed by atoms with E-state index < -0.39 is 5.60 Å². The highest BCUT2D eigenvalue weighted by molar-refractivity contribution is 7.78. The SMILES string of the molecule is C.CC(C)(C)OC(=O)NCCCCCN=C=S.CC(C)OC(=O)NCCCCN. The van der Waals surface area contributed by atoms with Gasteiger partial charge >= 0.3 is 12.2 Å². The van der Waals surface area contributed by atoms with Crippen LogP contribution in [0.3, 0.4) is 0 Å². The quantitative estimate of drug-likeness (QED) is 0.254. The summed E-state index contributed by atoms with van der Waals surface area (Å²) in [4.78, 5) is 25.9. The lowest BCUT2D eigenvalue weighted by Crippen LogP contribution is -2.32. The summed E-state index contributed by atoms with van der Waals surface area (Å²) in [5.41, 5.74) is 4.85. The van der Waals surface area contributed by atoms with Gasteiger partial charge in [0.05, 0.1) is 11.3 Å². The van der Waals surface area contributed by atoms with Crippen LogP contribution >= 0.6 is 12.2 Å². The monoisotopic (exact) mass is 434 g/mol.